The standard InChI is InChI=1S/C22H34BrN5O4/c1-4-6-8-12-26(13-9-7-5-2)14-17(3)24-22(29)20-11-10-18(32-20)15-27-16-19(23)21(25-27)28(30)31/h10-11,16-17H,4-9,12-15H2,1-3H3,(H,24,29). The lowest BCUT2D eigenvalue weighted by Crippen LogP contribution is -2.42. The molecule has 0 aliphatic heterocycles. The summed E-state index contributed by atoms with van der Waals surface area (Å²) in [4.78, 5) is 25.4. The Morgan fingerprint density at radius 3 is 2.47 bits per heavy atom. The minimum Gasteiger partial charge on any atom is -0.454 e. The molecule has 10 heteroatoms. The summed E-state index contributed by atoms with van der Waals surface area (Å²) in [5.41, 5.74) is 0. The molecule has 0 aromatic carbocycles. The van der Waals surface area contributed by atoms with Gasteiger partial charge in [-0.2, -0.15) is 4.68 Å². The van der Waals surface area contributed by atoms with Crippen LogP contribution < -0.4 is 5.32 Å². The molecule has 2 aromatic rings. The Morgan fingerprint density at radius 1 is 1.25 bits per heavy atom. The molecular formula is C22H34BrN5O4. The highest BCUT2D eigenvalue weighted by atomic mass is 79.9. The lowest BCUT2D eigenvalue weighted by atomic mass is 10.2. The van der Waals surface area contributed by atoms with E-state index in [1.54, 1.807) is 12.1 Å². The van der Waals surface area contributed by atoms with Crippen LogP contribution in [0.3, 0.4) is 0 Å². The first-order valence-corrected chi connectivity index (χ1v) is 12.1. The van der Waals surface area contributed by atoms with Gasteiger partial charge in [-0.1, -0.05) is 39.5 Å². The Morgan fingerprint density at radius 2 is 1.91 bits per heavy atom. The van der Waals surface area contributed by atoms with Crippen molar-refractivity contribution in [1.29, 1.82) is 0 Å². The van der Waals surface area contributed by atoms with E-state index in [9.17, 15) is 14.9 Å². The van der Waals surface area contributed by atoms with Crippen LogP contribution in [0.25, 0.3) is 0 Å². The Labute approximate surface area is 197 Å². The topological polar surface area (TPSA) is 106 Å². The lowest BCUT2D eigenvalue weighted by Gasteiger charge is -2.26. The zero-order valence-electron chi connectivity index (χ0n) is 19.2. The quantitative estimate of drug-likeness (QED) is 0.205. The van der Waals surface area contributed by atoms with Crippen molar-refractivity contribution >= 4 is 27.7 Å². The summed E-state index contributed by atoms with van der Waals surface area (Å²) in [6, 6.07) is 3.29. The predicted octanol–water partition coefficient (Wildman–Crippen LogP) is 5.00. The normalized spacial score (nSPS) is 12.3. The Hall–Kier alpha value is -2.20. The number of unbranched alkanes of at least 4 members (excludes halogenated alkanes) is 4. The van der Waals surface area contributed by atoms with Crippen molar-refractivity contribution in [2.24, 2.45) is 0 Å². The molecule has 1 unspecified atom stereocenters. The predicted molar refractivity (Wildman–Crippen MR) is 127 cm³/mol. The highest BCUT2D eigenvalue weighted by molar-refractivity contribution is 9.10. The van der Waals surface area contributed by atoms with Crippen LogP contribution in [0, 0.1) is 10.1 Å². The Balaban J connectivity index is 1.90. The molecule has 0 saturated carbocycles. The maximum atomic E-state index is 12.6. The molecule has 0 aliphatic carbocycles. The number of nitrogens with one attached hydrogen (secondary N) is 1. The second-order valence-corrected chi connectivity index (χ2v) is 8.96. The SMILES string of the molecule is CCCCCN(CCCCC)CC(C)NC(=O)c1ccc(Cn2cc(Br)c([N+](=O)[O-])n2)o1. The fourth-order valence-electron chi connectivity index (χ4n) is 3.53. The number of rotatable bonds is 15. The number of carbonyl (C=O) groups is 1. The minimum atomic E-state index is -0.559. The summed E-state index contributed by atoms with van der Waals surface area (Å²) in [5.74, 6) is 0.189. The molecule has 0 radical (unpaired) electrons. The van der Waals surface area contributed by atoms with Crippen LogP contribution in [0.15, 0.2) is 27.2 Å². The number of carbonyl (C=O) groups excluding carboxylic acids is 1. The van der Waals surface area contributed by atoms with Crippen LogP contribution in [-0.2, 0) is 6.54 Å². The van der Waals surface area contributed by atoms with Crippen molar-refractivity contribution in [1.82, 2.24) is 20.0 Å². The van der Waals surface area contributed by atoms with Crippen LogP contribution in [0.2, 0.25) is 0 Å². The smallest absolute Gasteiger partial charge is 0.404 e. The first kappa shape index (κ1) is 26.1. The number of furan rings is 1. The van der Waals surface area contributed by atoms with E-state index in [4.69, 9.17) is 4.42 Å². The Kier molecular flexibility index (Phi) is 10.9. The van der Waals surface area contributed by atoms with E-state index < -0.39 is 4.92 Å². The number of nitro groups is 1. The van der Waals surface area contributed by atoms with Gasteiger partial charge in [-0.15, -0.1) is 0 Å². The average molecular weight is 512 g/mol. The molecule has 0 fully saturated rings. The Bertz CT molecular complexity index is 856. The maximum absolute atomic E-state index is 12.6. The summed E-state index contributed by atoms with van der Waals surface area (Å²) in [5, 5.41) is 17.9. The van der Waals surface area contributed by atoms with Gasteiger partial charge in [-0.25, -0.2) is 0 Å². The van der Waals surface area contributed by atoms with E-state index >= 15 is 0 Å². The molecule has 1 N–H and O–H groups in total. The molecule has 2 rings (SSSR count). The largest absolute Gasteiger partial charge is 0.454 e. The van der Waals surface area contributed by atoms with Crippen molar-refractivity contribution in [3.8, 4) is 0 Å². The van der Waals surface area contributed by atoms with Gasteiger partial charge in [0.2, 0.25) is 0 Å². The molecular weight excluding hydrogens is 478 g/mol. The molecule has 32 heavy (non-hydrogen) atoms. The van der Waals surface area contributed by atoms with E-state index in [2.05, 4.69) is 45.1 Å². The van der Waals surface area contributed by atoms with Gasteiger partial charge in [0, 0.05) is 12.6 Å². The van der Waals surface area contributed by atoms with Crippen molar-refractivity contribution < 1.29 is 14.1 Å². The average Bonchev–Trinajstić information content (AvgIpc) is 3.35. The second-order valence-electron chi connectivity index (χ2n) is 8.11. The summed E-state index contributed by atoms with van der Waals surface area (Å²) in [6.07, 6.45) is 8.68. The molecule has 178 valence electrons. The number of aromatic nitrogens is 2. The van der Waals surface area contributed by atoms with Gasteiger partial charge >= 0.3 is 5.82 Å². The van der Waals surface area contributed by atoms with Gasteiger partial charge < -0.3 is 24.7 Å². The molecule has 0 saturated heterocycles. The first-order chi connectivity index (χ1) is 15.3. The molecule has 2 aromatic heterocycles. The third kappa shape index (κ3) is 8.38. The lowest BCUT2D eigenvalue weighted by molar-refractivity contribution is -0.390. The number of hydrogen-bond donors (Lipinski definition) is 1. The highest BCUT2D eigenvalue weighted by Crippen LogP contribution is 2.22. The zero-order chi connectivity index (χ0) is 23.5. The minimum absolute atomic E-state index is 0.0102. The van der Waals surface area contributed by atoms with Crippen LogP contribution in [0.1, 0.15) is 75.6 Å². The molecule has 9 nitrogen and oxygen atoms in total. The highest BCUT2D eigenvalue weighted by Gasteiger charge is 2.20. The van der Waals surface area contributed by atoms with Gasteiger partial charge in [0.05, 0.1) is 11.3 Å². The number of hydrogen-bond acceptors (Lipinski definition) is 6. The monoisotopic (exact) mass is 511 g/mol. The van der Waals surface area contributed by atoms with Crippen molar-refractivity contribution in [2.75, 3.05) is 19.6 Å². The zero-order valence-corrected chi connectivity index (χ0v) is 20.8. The number of nitrogens with zero attached hydrogens (tertiary/aromatic N) is 4. The van der Waals surface area contributed by atoms with Crippen molar-refractivity contribution in [3.05, 3.63) is 44.4 Å². The first-order valence-electron chi connectivity index (χ1n) is 11.3. The van der Waals surface area contributed by atoms with Crippen molar-refractivity contribution in [2.45, 2.75) is 71.9 Å². The molecule has 0 aliphatic rings. The van der Waals surface area contributed by atoms with Gasteiger partial charge in [-0.05, 0) is 65.8 Å². The fourth-order valence-corrected chi connectivity index (χ4v) is 3.99. The van der Waals surface area contributed by atoms with Gasteiger partial charge in [0.25, 0.3) is 5.91 Å². The molecule has 1 amide bonds. The van der Waals surface area contributed by atoms with Crippen LogP contribution in [0.5, 0.6) is 0 Å². The van der Waals surface area contributed by atoms with Crippen LogP contribution in [-0.4, -0.2) is 51.2 Å². The number of amides is 1. The van der Waals surface area contributed by atoms with E-state index in [-0.39, 0.29) is 30.1 Å². The van der Waals surface area contributed by atoms with Crippen LogP contribution >= 0.6 is 15.9 Å². The summed E-state index contributed by atoms with van der Waals surface area (Å²) in [7, 11) is 0. The third-order valence-corrected chi connectivity index (χ3v) is 5.70. The second kappa shape index (κ2) is 13.4. The van der Waals surface area contributed by atoms with E-state index in [0.29, 0.717) is 10.2 Å². The third-order valence-electron chi connectivity index (χ3n) is 5.14. The maximum Gasteiger partial charge on any atom is 0.404 e. The summed E-state index contributed by atoms with van der Waals surface area (Å²) in [6.45, 7) is 9.51. The molecule has 2 heterocycles. The molecule has 0 bridgehead atoms. The molecule has 0 spiro atoms. The summed E-state index contributed by atoms with van der Waals surface area (Å²) < 4.78 is 7.35. The van der Waals surface area contributed by atoms with Gasteiger partial charge in [0.15, 0.2) is 5.76 Å². The van der Waals surface area contributed by atoms with Crippen LogP contribution in [0.4, 0.5) is 5.82 Å². The van der Waals surface area contributed by atoms with E-state index in [1.807, 2.05) is 6.92 Å². The molecule has 1 atom stereocenters. The van der Waals surface area contributed by atoms with Gasteiger partial charge in [-0.3, -0.25) is 4.79 Å². The number of halogens is 1. The fraction of sp³-hybridized carbons (Fsp3) is 0.636. The van der Waals surface area contributed by atoms with Gasteiger partial charge in [0.1, 0.15) is 16.8 Å². The van der Waals surface area contributed by atoms with Crippen molar-refractivity contribution in [3.63, 3.8) is 0 Å². The van der Waals surface area contributed by atoms with E-state index in [0.717, 1.165) is 19.6 Å². The summed E-state index contributed by atoms with van der Waals surface area (Å²) >= 11 is 3.12. The van der Waals surface area contributed by atoms with E-state index in [1.165, 1.54) is 49.4 Å².